The van der Waals surface area contributed by atoms with Crippen molar-refractivity contribution in [1.29, 1.82) is 0 Å². The third-order valence-electron chi connectivity index (χ3n) is 3.74. The number of sulfone groups is 1. The van der Waals surface area contributed by atoms with E-state index in [0.717, 1.165) is 6.54 Å². The molecule has 0 amide bonds. The largest absolute Gasteiger partial charge is 0.357 e. The Balaban J connectivity index is 2.01. The first-order chi connectivity index (χ1) is 10.3. The van der Waals surface area contributed by atoms with E-state index in [1.165, 1.54) is 4.88 Å². The second-order valence-electron chi connectivity index (χ2n) is 6.30. The van der Waals surface area contributed by atoms with Crippen LogP contribution >= 0.6 is 11.3 Å². The van der Waals surface area contributed by atoms with Crippen LogP contribution in [0.2, 0.25) is 0 Å². The van der Waals surface area contributed by atoms with Crippen molar-refractivity contribution < 1.29 is 8.42 Å². The summed E-state index contributed by atoms with van der Waals surface area (Å²) in [6, 6.07) is 4.15. The van der Waals surface area contributed by atoms with Crippen LogP contribution in [0.25, 0.3) is 0 Å². The summed E-state index contributed by atoms with van der Waals surface area (Å²) in [6.45, 7) is 7.76. The molecule has 1 saturated heterocycles. The lowest BCUT2D eigenvalue weighted by Gasteiger charge is -2.22. The fourth-order valence-electron chi connectivity index (χ4n) is 2.44. The zero-order valence-corrected chi connectivity index (χ0v) is 15.1. The zero-order valence-electron chi connectivity index (χ0n) is 13.4. The second kappa shape index (κ2) is 7.00. The van der Waals surface area contributed by atoms with Crippen molar-refractivity contribution >= 4 is 27.1 Å². The van der Waals surface area contributed by atoms with Crippen molar-refractivity contribution in [2.24, 2.45) is 4.99 Å². The van der Waals surface area contributed by atoms with E-state index in [2.05, 4.69) is 47.0 Å². The highest BCUT2D eigenvalue weighted by molar-refractivity contribution is 7.91. The Morgan fingerprint density at radius 2 is 2.27 bits per heavy atom. The third kappa shape index (κ3) is 4.71. The molecule has 1 atom stereocenters. The maximum atomic E-state index is 11.6. The molecule has 124 valence electrons. The highest BCUT2D eigenvalue weighted by Crippen LogP contribution is 2.27. The summed E-state index contributed by atoms with van der Waals surface area (Å²) in [4.78, 5) is 5.96. The van der Waals surface area contributed by atoms with Crippen LogP contribution < -0.4 is 10.6 Å². The fraction of sp³-hybridized carbons (Fsp3) is 0.667. The van der Waals surface area contributed by atoms with Crippen molar-refractivity contribution in [2.45, 2.75) is 38.6 Å². The third-order valence-corrected chi connectivity index (χ3v) is 6.74. The molecule has 5 nitrogen and oxygen atoms in total. The molecule has 0 saturated carbocycles. The number of thiophene rings is 1. The Kier molecular flexibility index (Phi) is 5.50. The van der Waals surface area contributed by atoms with Gasteiger partial charge in [0.25, 0.3) is 0 Å². The van der Waals surface area contributed by atoms with Crippen molar-refractivity contribution in [3.63, 3.8) is 0 Å². The predicted molar refractivity (Wildman–Crippen MR) is 93.5 cm³/mol. The SMILES string of the molecule is CCNC(=NCC(C)(C)c1cccs1)NC1CCS(=O)(=O)C1. The van der Waals surface area contributed by atoms with Gasteiger partial charge in [0.1, 0.15) is 0 Å². The highest BCUT2D eigenvalue weighted by Gasteiger charge is 2.28. The summed E-state index contributed by atoms with van der Waals surface area (Å²) >= 11 is 1.74. The molecule has 7 heteroatoms. The molecule has 0 bridgehead atoms. The van der Waals surface area contributed by atoms with Crippen molar-refractivity contribution in [3.05, 3.63) is 22.4 Å². The summed E-state index contributed by atoms with van der Waals surface area (Å²) < 4.78 is 23.1. The maximum absolute atomic E-state index is 11.6. The lowest BCUT2D eigenvalue weighted by Crippen LogP contribution is -2.44. The molecule has 0 radical (unpaired) electrons. The minimum atomic E-state index is -2.88. The monoisotopic (exact) mass is 343 g/mol. The van der Waals surface area contributed by atoms with Crippen LogP contribution in [0.5, 0.6) is 0 Å². The van der Waals surface area contributed by atoms with E-state index < -0.39 is 9.84 Å². The Labute approximate surface area is 137 Å². The first-order valence-electron chi connectivity index (χ1n) is 7.62. The van der Waals surface area contributed by atoms with E-state index in [9.17, 15) is 8.42 Å². The van der Waals surface area contributed by atoms with Gasteiger partial charge < -0.3 is 10.6 Å². The van der Waals surface area contributed by atoms with Gasteiger partial charge in [-0.15, -0.1) is 11.3 Å². The quantitative estimate of drug-likeness (QED) is 0.631. The van der Waals surface area contributed by atoms with Crippen LogP contribution in [-0.4, -0.2) is 45.0 Å². The molecule has 2 heterocycles. The average molecular weight is 344 g/mol. The molecule has 2 rings (SSSR count). The summed E-state index contributed by atoms with van der Waals surface area (Å²) in [5.74, 6) is 1.17. The molecule has 1 aliphatic rings. The van der Waals surface area contributed by atoms with Crippen molar-refractivity contribution in [2.75, 3.05) is 24.6 Å². The number of hydrogen-bond donors (Lipinski definition) is 2. The van der Waals surface area contributed by atoms with Gasteiger partial charge in [0.2, 0.25) is 0 Å². The van der Waals surface area contributed by atoms with E-state index in [-0.39, 0.29) is 23.0 Å². The Morgan fingerprint density at radius 3 is 2.82 bits per heavy atom. The van der Waals surface area contributed by atoms with E-state index in [1.807, 2.05) is 6.92 Å². The second-order valence-corrected chi connectivity index (χ2v) is 9.48. The summed E-state index contributed by atoms with van der Waals surface area (Å²) in [7, 11) is -2.88. The van der Waals surface area contributed by atoms with Gasteiger partial charge in [-0.05, 0) is 24.8 Å². The average Bonchev–Trinajstić information content (AvgIpc) is 3.06. The van der Waals surface area contributed by atoms with Gasteiger partial charge >= 0.3 is 0 Å². The topological polar surface area (TPSA) is 70.6 Å². The lowest BCUT2D eigenvalue weighted by atomic mass is 9.92. The van der Waals surface area contributed by atoms with E-state index >= 15 is 0 Å². The standard InChI is InChI=1S/C15H25N3O2S2/c1-4-16-14(18-12-7-9-22(19,20)10-12)17-11-15(2,3)13-6-5-8-21-13/h5-6,8,12H,4,7,9-11H2,1-3H3,(H2,16,17,18). The van der Waals surface area contributed by atoms with Crippen molar-refractivity contribution in [1.82, 2.24) is 10.6 Å². The number of hydrogen-bond acceptors (Lipinski definition) is 4. The van der Waals surface area contributed by atoms with E-state index in [4.69, 9.17) is 0 Å². The zero-order chi connectivity index (χ0) is 16.2. The normalized spacial score (nSPS) is 21.8. The molecule has 22 heavy (non-hydrogen) atoms. The van der Waals surface area contributed by atoms with Gasteiger partial charge in [0.05, 0.1) is 18.1 Å². The van der Waals surface area contributed by atoms with E-state index in [1.54, 1.807) is 11.3 Å². The fourth-order valence-corrected chi connectivity index (χ4v) is 4.96. The molecule has 1 aromatic heterocycles. The molecule has 1 fully saturated rings. The first kappa shape index (κ1) is 17.3. The molecule has 0 aliphatic carbocycles. The minimum Gasteiger partial charge on any atom is -0.357 e. The Morgan fingerprint density at radius 1 is 1.50 bits per heavy atom. The van der Waals surface area contributed by atoms with Gasteiger partial charge in [0, 0.05) is 22.9 Å². The Bertz CT molecular complexity index is 607. The molecule has 1 aromatic rings. The summed E-state index contributed by atoms with van der Waals surface area (Å²) in [6.07, 6.45) is 0.654. The molecular formula is C15H25N3O2S2. The number of nitrogens with zero attached hydrogens (tertiary/aromatic N) is 1. The molecule has 1 aliphatic heterocycles. The van der Waals surface area contributed by atoms with Gasteiger partial charge in [-0.3, -0.25) is 4.99 Å². The van der Waals surface area contributed by atoms with Crippen LogP contribution in [0.1, 0.15) is 32.1 Å². The van der Waals surface area contributed by atoms with E-state index in [0.29, 0.717) is 18.9 Å². The van der Waals surface area contributed by atoms with Crippen LogP contribution in [0.3, 0.4) is 0 Å². The first-order valence-corrected chi connectivity index (χ1v) is 10.3. The summed E-state index contributed by atoms with van der Waals surface area (Å²) in [5.41, 5.74) is -0.0295. The molecule has 2 N–H and O–H groups in total. The number of rotatable bonds is 5. The van der Waals surface area contributed by atoms with Gasteiger partial charge in [-0.25, -0.2) is 8.42 Å². The number of aliphatic imine (C=N–C) groups is 1. The van der Waals surface area contributed by atoms with Crippen LogP contribution in [0.15, 0.2) is 22.5 Å². The van der Waals surface area contributed by atoms with Crippen LogP contribution in [0.4, 0.5) is 0 Å². The van der Waals surface area contributed by atoms with Crippen molar-refractivity contribution in [3.8, 4) is 0 Å². The minimum absolute atomic E-state index is 0.0295. The van der Waals surface area contributed by atoms with Gasteiger partial charge in [-0.2, -0.15) is 0 Å². The van der Waals surface area contributed by atoms with Crippen LogP contribution in [-0.2, 0) is 15.3 Å². The highest BCUT2D eigenvalue weighted by atomic mass is 32.2. The smallest absolute Gasteiger partial charge is 0.191 e. The van der Waals surface area contributed by atoms with Gasteiger partial charge in [-0.1, -0.05) is 19.9 Å². The van der Waals surface area contributed by atoms with Gasteiger partial charge in [0.15, 0.2) is 15.8 Å². The Hall–Kier alpha value is -1.08. The molecule has 0 aromatic carbocycles. The number of nitrogens with one attached hydrogen (secondary N) is 2. The lowest BCUT2D eigenvalue weighted by molar-refractivity contribution is 0.545. The summed E-state index contributed by atoms with van der Waals surface area (Å²) in [5, 5.41) is 8.53. The maximum Gasteiger partial charge on any atom is 0.191 e. The molecule has 0 spiro atoms. The molecular weight excluding hydrogens is 318 g/mol. The predicted octanol–water partition coefficient (Wildman–Crippen LogP) is 1.77. The molecule has 1 unspecified atom stereocenters. The van der Waals surface area contributed by atoms with Crippen LogP contribution in [0, 0.1) is 0 Å². The number of guanidine groups is 1.